The Morgan fingerprint density at radius 2 is 2.09 bits per heavy atom. The number of aryl methyl sites for hydroxylation is 1. The van der Waals surface area contributed by atoms with Gasteiger partial charge in [0.05, 0.1) is 19.1 Å². The Kier molecular flexibility index (Phi) is 5.19. The highest BCUT2D eigenvalue weighted by atomic mass is 16.5. The molecule has 0 aliphatic heterocycles. The second kappa shape index (κ2) is 7.31. The van der Waals surface area contributed by atoms with Crippen molar-refractivity contribution in [3.05, 3.63) is 53.5 Å². The number of carbonyl (C=O) groups excluding carboxylic acids is 2. The summed E-state index contributed by atoms with van der Waals surface area (Å²) >= 11 is 0. The zero-order chi connectivity index (χ0) is 15.9. The monoisotopic (exact) mass is 299 g/mol. The van der Waals surface area contributed by atoms with E-state index in [9.17, 15) is 9.59 Å². The number of anilines is 1. The summed E-state index contributed by atoms with van der Waals surface area (Å²) in [5, 5.41) is 2.71. The van der Waals surface area contributed by atoms with Gasteiger partial charge < -0.3 is 10.1 Å². The molecule has 114 valence electrons. The standard InChI is InChI=1S/C16H17N3O3/c1-3-13-11(8-12(10-18-13)16(21)22-2)9-15(20)19-14-6-4-5-7-17-14/h4-8,10H,3,9H2,1-2H3,(H,17,19,20). The van der Waals surface area contributed by atoms with Gasteiger partial charge in [0.1, 0.15) is 5.82 Å². The van der Waals surface area contributed by atoms with Gasteiger partial charge in [0.2, 0.25) is 5.91 Å². The molecular formula is C16H17N3O3. The average molecular weight is 299 g/mol. The van der Waals surface area contributed by atoms with Crippen LogP contribution in [0.4, 0.5) is 5.82 Å². The highest BCUT2D eigenvalue weighted by Crippen LogP contribution is 2.13. The number of rotatable bonds is 5. The predicted octanol–water partition coefficient (Wildman–Crippen LogP) is 2.01. The number of amides is 1. The molecule has 0 spiro atoms. The fourth-order valence-corrected chi connectivity index (χ4v) is 2.04. The van der Waals surface area contributed by atoms with Gasteiger partial charge >= 0.3 is 5.97 Å². The molecule has 0 aliphatic carbocycles. The van der Waals surface area contributed by atoms with Crippen molar-refractivity contribution in [2.45, 2.75) is 19.8 Å². The van der Waals surface area contributed by atoms with Crippen molar-refractivity contribution in [1.82, 2.24) is 9.97 Å². The second-order valence-corrected chi connectivity index (χ2v) is 4.61. The normalized spacial score (nSPS) is 10.1. The number of methoxy groups -OCH3 is 1. The van der Waals surface area contributed by atoms with Crippen LogP contribution in [0.1, 0.15) is 28.5 Å². The number of ether oxygens (including phenoxy) is 1. The van der Waals surface area contributed by atoms with Gasteiger partial charge in [-0.05, 0) is 30.2 Å². The molecule has 0 atom stereocenters. The van der Waals surface area contributed by atoms with Crippen LogP contribution in [0.15, 0.2) is 36.7 Å². The number of carbonyl (C=O) groups is 2. The summed E-state index contributed by atoms with van der Waals surface area (Å²) in [6, 6.07) is 6.92. The van der Waals surface area contributed by atoms with Gasteiger partial charge in [-0.25, -0.2) is 9.78 Å². The van der Waals surface area contributed by atoms with E-state index in [1.165, 1.54) is 13.3 Å². The topological polar surface area (TPSA) is 81.2 Å². The molecule has 0 aliphatic rings. The van der Waals surface area contributed by atoms with Crippen LogP contribution >= 0.6 is 0 Å². The molecule has 22 heavy (non-hydrogen) atoms. The van der Waals surface area contributed by atoms with Crippen LogP contribution in [0.25, 0.3) is 0 Å². The van der Waals surface area contributed by atoms with Crippen molar-refractivity contribution >= 4 is 17.7 Å². The highest BCUT2D eigenvalue weighted by molar-refractivity contribution is 5.93. The largest absolute Gasteiger partial charge is 0.465 e. The molecule has 0 aromatic carbocycles. The van der Waals surface area contributed by atoms with Crippen molar-refractivity contribution in [3.63, 3.8) is 0 Å². The van der Waals surface area contributed by atoms with Crippen molar-refractivity contribution in [1.29, 1.82) is 0 Å². The van der Waals surface area contributed by atoms with Gasteiger partial charge in [0.15, 0.2) is 0 Å². The number of aromatic nitrogens is 2. The quantitative estimate of drug-likeness (QED) is 0.854. The minimum Gasteiger partial charge on any atom is -0.465 e. The zero-order valence-corrected chi connectivity index (χ0v) is 12.5. The van der Waals surface area contributed by atoms with Gasteiger partial charge in [0.25, 0.3) is 0 Å². The second-order valence-electron chi connectivity index (χ2n) is 4.61. The first-order valence-electron chi connectivity index (χ1n) is 6.91. The third kappa shape index (κ3) is 3.88. The van der Waals surface area contributed by atoms with Crippen LogP contribution in [0, 0.1) is 0 Å². The number of pyridine rings is 2. The fourth-order valence-electron chi connectivity index (χ4n) is 2.04. The van der Waals surface area contributed by atoms with E-state index in [0.29, 0.717) is 23.4 Å². The molecule has 0 bridgehead atoms. The van der Waals surface area contributed by atoms with Crippen molar-refractivity contribution in [3.8, 4) is 0 Å². The molecule has 1 amide bonds. The third-order valence-corrected chi connectivity index (χ3v) is 3.10. The Balaban J connectivity index is 2.16. The lowest BCUT2D eigenvalue weighted by molar-refractivity contribution is -0.115. The van der Waals surface area contributed by atoms with Gasteiger partial charge in [-0.2, -0.15) is 0 Å². The molecule has 2 rings (SSSR count). The molecule has 6 heteroatoms. The van der Waals surface area contributed by atoms with Crippen LogP contribution in [-0.2, 0) is 22.4 Å². The minimum atomic E-state index is -0.471. The number of hydrogen-bond acceptors (Lipinski definition) is 5. The Morgan fingerprint density at radius 3 is 2.73 bits per heavy atom. The Bertz CT molecular complexity index is 672. The van der Waals surface area contributed by atoms with Crippen LogP contribution in [0.2, 0.25) is 0 Å². The van der Waals surface area contributed by atoms with E-state index in [0.717, 1.165) is 5.69 Å². The van der Waals surface area contributed by atoms with Gasteiger partial charge in [0, 0.05) is 18.1 Å². The van der Waals surface area contributed by atoms with Crippen molar-refractivity contribution < 1.29 is 14.3 Å². The first kappa shape index (κ1) is 15.6. The zero-order valence-electron chi connectivity index (χ0n) is 12.5. The molecule has 0 fully saturated rings. The molecule has 2 heterocycles. The Hall–Kier alpha value is -2.76. The van der Waals surface area contributed by atoms with Gasteiger partial charge in [-0.15, -0.1) is 0 Å². The van der Waals surface area contributed by atoms with E-state index in [1.54, 1.807) is 30.5 Å². The molecule has 6 nitrogen and oxygen atoms in total. The Labute approximate surface area is 128 Å². The minimum absolute atomic E-state index is 0.123. The van der Waals surface area contributed by atoms with Crippen LogP contribution < -0.4 is 5.32 Å². The summed E-state index contributed by atoms with van der Waals surface area (Å²) in [7, 11) is 1.31. The van der Waals surface area contributed by atoms with Gasteiger partial charge in [-0.1, -0.05) is 13.0 Å². The predicted molar refractivity (Wildman–Crippen MR) is 81.5 cm³/mol. The molecule has 0 saturated carbocycles. The summed E-state index contributed by atoms with van der Waals surface area (Å²) in [5.74, 6) is -0.193. The van der Waals surface area contributed by atoms with E-state index in [4.69, 9.17) is 0 Å². The summed E-state index contributed by atoms with van der Waals surface area (Å²) < 4.78 is 4.68. The van der Waals surface area contributed by atoms with E-state index < -0.39 is 5.97 Å². The molecule has 0 saturated heterocycles. The van der Waals surface area contributed by atoms with Crippen LogP contribution in [0.5, 0.6) is 0 Å². The van der Waals surface area contributed by atoms with Crippen LogP contribution in [0.3, 0.4) is 0 Å². The summed E-state index contributed by atoms with van der Waals surface area (Å²) in [5.41, 5.74) is 1.82. The lowest BCUT2D eigenvalue weighted by atomic mass is 10.1. The third-order valence-electron chi connectivity index (χ3n) is 3.10. The SMILES string of the molecule is CCc1ncc(C(=O)OC)cc1CC(=O)Nc1ccccn1. The number of hydrogen-bond donors (Lipinski definition) is 1. The maximum absolute atomic E-state index is 12.1. The van der Waals surface area contributed by atoms with Gasteiger partial charge in [-0.3, -0.25) is 9.78 Å². The lowest BCUT2D eigenvalue weighted by Crippen LogP contribution is -2.17. The maximum Gasteiger partial charge on any atom is 0.339 e. The molecule has 0 radical (unpaired) electrons. The Morgan fingerprint density at radius 1 is 1.27 bits per heavy atom. The lowest BCUT2D eigenvalue weighted by Gasteiger charge is -2.09. The van der Waals surface area contributed by atoms with Crippen molar-refractivity contribution in [2.24, 2.45) is 0 Å². The molecule has 2 aromatic heterocycles. The van der Waals surface area contributed by atoms with Crippen LogP contribution in [-0.4, -0.2) is 29.0 Å². The first-order chi connectivity index (χ1) is 10.6. The van der Waals surface area contributed by atoms with E-state index >= 15 is 0 Å². The number of esters is 1. The number of nitrogens with one attached hydrogen (secondary N) is 1. The smallest absolute Gasteiger partial charge is 0.339 e. The maximum atomic E-state index is 12.1. The summed E-state index contributed by atoms with van der Waals surface area (Å²) in [6.07, 6.45) is 3.86. The molecule has 1 N–H and O–H groups in total. The fraction of sp³-hybridized carbons (Fsp3) is 0.250. The highest BCUT2D eigenvalue weighted by Gasteiger charge is 2.13. The van der Waals surface area contributed by atoms with E-state index in [-0.39, 0.29) is 12.3 Å². The molecule has 0 unspecified atom stereocenters. The number of nitrogens with zero attached hydrogens (tertiary/aromatic N) is 2. The molecular weight excluding hydrogens is 282 g/mol. The van der Waals surface area contributed by atoms with E-state index in [1.807, 2.05) is 6.92 Å². The molecule has 2 aromatic rings. The summed E-state index contributed by atoms with van der Waals surface area (Å²) in [6.45, 7) is 1.94. The summed E-state index contributed by atoms with van der Waals surface area (Å²) in [4.78, 5) is 31.9. The first-order valence-corrected chi connectivity index (χ1v) is 6.91. The van der Waals surface area contributed by atoms with E-state index in [2.05, 4.69) is 20.0 Å². The average Bonchev–Trinajstić information content (AvgIpc) is 2.54. The van der Waals surface area contributed by atoms with Crippen molar-refractivity contribution in [2.75, 3.05) is 12.4 Å².